The van der Waals surface area contributed by atoms with Crippen LogP contribution in [0.2, 0.25) is 5.04 Å². The van der Waals surface area contributed by atoms with E-state index in [0.29, 0.717) is 11.8 Å². The summed E-state index contributed by atoms with van der Waals surface area (Å²) in [6, 6.07) is 21.7. The zero-order valence-electron chi connectivity index (χ0n) is 22.4. The number of methoxy groups -OCH3 is 1. The zero-order chi connectivity index (χ0) is 25.4. The number of carbonyl (C=O) groups is 1. The van der Waals surface area contributed by atoms with Crippen molar-refractivity contribution in [3.8, 4) is 0 Å². The second-order valence-corrected chi connectivity index (χ2v) is 15.3. The Labute approximate surface area is 208 Å². The van der Waals surface area contributed by atoms with Gasteiger partial charge in [0.25, 0.3) is 8.32 Å². The van der Waals surface area contributed by atoms with Gasteiger partial charge in [-0.2, -0.15) is 0 Å². The maximum absolute atomic E-state index is 11.7. The van der Waals surface area contributed by atoms with Gasteiger partial charge in [-0.25, -0.2) is 0 Å². The van der Waals surface area contributed by atoms with Gasteiger partial charge in [-0.05, 0) is 53.9 Å². The van der Waals surface area contributed by atoms with E-state index >= 15 is 0 Å². The standard InChI is InChI=1S/C30H44O3Si/c1-23(19-24(2)21-26(4)29(31)32-8)20-25(3)22-33-34(30(5,6)7,27-15-11-9-12-16-27)28-17-13-10-14-18-28/h9-18,21,23,25-26H,19-20,22H2,1-8H3/b24-21+/t23-,25-,26-/m1/s1. The summed E-state index contributed by atoms with van der Waals surface area (Å²) in [5.74, 6) is 0.563. The second-order valence-electron chi connectivity index (χ2n) is 10.9. The monoisotopic (exact) mass is 480 g/mol. The summed E-state index contributed by atoms with van der Waals surface area (Å²) in [6.45, 7) is 16.3. The molecule has 0 aliphatic carbocycles. The van der Waals surface area contributed by atoms with Crippen molar-refractivity contribution in [2.24, 2.45) is 17.8 Å². The van der Waals surface area contributed by atoms with E-state index in [0.717, 1.165) is 19.4 Å². The van der Waals surface area contributed by atoms with Crippen LogP contribution in [0.3, 0.4) is 0 Å². The fourth-order valence-electron chi connectivity index (χ4n) is 5.17. The molecule has 0 spiro atoms. The largest absolute Gasteiger partial charge is 0.469 e. The van der Waals surface area contributed by atoms with Gasteiger partial charge in [0.2, 0.25) is 0 Å². The molecule has 0 aliphatic heterocycles. The summed E-state index contributed by atoms with van der Waals surface area (Å²) in [6.07, 6.45) is 4.09. The normalized spacial score (nSPS) is 15.5. The first kappa shape index (κ1) is 28.1. The van der Waals surface area contributed by atoms with Crippen LogP contribution in [-0.2, 0) is 14.0 Å². The molecule has 2 aromatic rings. The van der Waals surface area contributed by atoms with Gasteiger partial charge in [-0.15, -0.1) is 0 Å². The predicted molar refractivity (Wildman–Crippen MR) is 146 cm³/mol. The Morgan fingerprint density at radius 1 is 0.912 bits per heavy atom. The smallest absolute Gasteiger partial charge is 0.312 e. The lowest BCUT2D eigenvalue weighted by atomic mass is 9.91. The third-order valence-corrected chi connectivity index (χ3v) is 11.6. The Kier molecular flexibility index (Phi) is 10.3. The van der Waals surface area contributed by atoms with Gasteiger partial charge >= 0.3 is 5.97 Å². The Morgan fingerprint density at radius 2 is 1.41 bits per heavy atom. The highest BCUT2D eigenvalue weighted by Crippen LogP contribution is 2.37. The molecule has 0 saturated heterocycles. The zero-order valence-corrected chi connectivity index (χ0v) is 23.4. The summed E-state index contributed by atoms with van der Waals surface area (Å²) in [5, 5.41) is 2.64. The molecule has 0 bridgehead atoms. The summed E-state index contributed by atoms with van der Waals surface area (Å²) in [4.78, 5) is 11.7. The van der Waals surface area contributed by atoms with Crippen molar-refractivity contribution < 1.29 is 14.0 Å². The molecule has 0 amide bonds. The Morgan fingerprint density at radius 3 is 1.85 bits per heavy atom. The minimum Gasteiger partial charge on any atom is -0.469 e. The van der Waals surface area contributed by atoms with Crippen LogP contribution in [0.25, 0.3) is 0 Å². The van der Waals surface area contributed by atoms with Gasteiger partial charge < -0.3 is 9.16 Å². The molecule has 0 aliphatic rings. The van der Waals surface area contributed by atoms with Gasteiger partial charge in [0.15, 0.2) is 0 Å². The number of rotatable bonds is 11. The SMILES string of the molecule is COC(=O)[C@H](C)/C=C(\C)C[C@@H](C)C[C@@H](C)CO[Si](c1ccccc1)(c1ccccc1)C(C)(C)C. The molecule has 0 radical (unpaired) electrons. The van der Waals surface area contributed by atoms with E-state index in [1.807, 2.05) is 13.0 Å². The highest BCUT2D eigenvalue weighted by Gasteiger charge is 2.50. The highest BCUT2D eigenvalue weighted by atomic mass is 28.4. The van der Waals surface area contributed by atoms with Crippen molar-refractivity contribution in [3.63, 3.8) is 0 Å². The fourth-order valence-corrected chi connectivity index (χ4v) is 9.86. The van der Waals surface area contributed by atoms with Gasteiger partial charge in [0.1, 0.15) is 0 Å². The van der Waals surface area contributed by atoms with Crippen LogP contribution in [0.1, 0.15) is 61.3 Å². The molecule has 186 valence electrons. The van der Waals surface area contributed by atoms with E-state index in [1.165, 1.54) is 23.1 Å². The molecule has 0 fully saturated rings. The first-order valence-electron chi connectivity index (χ1n) is 12.5. The van der Waals surface area contributed by atoms with Gasteiger partial charge in [-0.3, -0.25) is 4.79 Å². The summed E-state index contributed by atoms with van der Waals surface area (Å²) >= 11 is 0. The molecule has 3 atom stereocenters. The topological polar surface area (TPSA) is 35.5 Å². The summed E-state index contributed by atoms with van der Waals surface area (Å²) in [5.41, 5.74) is 1.24. The maximum Gasteiger partial charge on any atom is 0.312 e. The van der Waals surface area contributed by atoms with E-state index in [1.54, 1.807) is 0 Å². The van der Waals surface area contributed by atoms with Crippen molar-refractivity contribution in [2.75, 3.05) is 13.7 Å². The molecular weight excluding hydrogens is 436 g/mol. The predicted octanol–water partition coefficient (Wildman–Crippen LogP) is 6.37. The van der Waals surface area contributed by atoms with Crippen molar-refractivity contribution in [1.82, 2.24) is 0 Å². The highest BCUT2D eigenvalue weighted by molar-refractivity contribution is 6.99. The first-order valence-corrected chi connectivity index (χ1v) is 14.4. The average Bonchev–Trinajstić information content (AvgIpc) is 2.79. The van der Waals surface area contributed by atoms with E-state index in [9.17, 15) is 4.79 Å². The van der Waals surface area contributed by atoms with E-state index < -0.39 is 8.32 Å². The van der Waals surface area contributed by atoms with Crippen LogP contribution in [0, 0.1) is 17.8 Å². The Balaban J connectivity index is 2.18. The van der Waals surface area contributed by atoms with Crippen LogP contribution >= 0.6 is 0 Å². The molecule has 2 rings (SSSR count). The van der Waals surface area contributed by atoms with Gasteiger partial charge in [-0.1, -0.05) is 107 Å². The minimum atomic E-state index is -2.50. The summed E-state index contributed by atoms with van der Waals surface area (Å²) in [7, 11) is -1.05. The Bertz CT molecular complexity index is 876. The molecule has 4 heteroatoms. The van der Waals surface area contributed by atoms with Crippen molar-refractivity contribution in [2.45, 2.75) is 66.3 Å². The van der Waals surface area contributed by atoms with Crippen molar-refractivity contribution >= 4 is 24.7 Å². The third kappa shape index (κ3) is 7.16. The summed E-state index contributed by atoms with van der Waals surface area (Å²) < 4.78 is 12.0. The van der Waals surface area contributed by atoms with Crippen molar-refractivity contribution in [3.05, 3.63) is 72.3 Å². The number of esters is 1. The third-order valence-electron chi connectivity index (χ3n) is 6.58. The van der Waals surface area contributed by atoms with Crippen LogP contribution in [0.15, 0.2) is 72.3 Å². The average molecular weight is 481 g/mol. The minimum absolute atomic E-state index is 0.00953. The molecular formula is C30H44O3Si. The molecule has 0 N–H and O–H groups in total. The van der Waals surface area contributed by atoms with Crippen LogP contribution in [0.5, 0.6) is 0 Å². The number of allylic oxidation sites excluding steroid dienone is 1. The lowest BCUT2D eigenvalue weighted by Crippen LogP contribution is -2.66. The number of hydrogen-bond donors (Lipinski definition) is 0. The first-order chi connectivity index (χ1) is 16.0. The number of carbonyl (C=O) groups excluding carboxylic acids is 1. The number of benzene rings is 2. The lowest BCUT2D eigenvalue weighted by Gasteiger charge is -2.43. The molecule has 0 unspecified atom stereocenters. The van der Waals surface area contributed by atoms with E-state index in [2.05, 4.69) is 102 Å². The van der Waals surface area contributed by atoms with E-state index in [4.69, 9.17) is 9.16 Å². The van der Waals surface area contributed by atoms with Gasteiger partial charge in [0, 0.05) is 6.61 Å². The number of hydrogen-bond acceptors (Lipinski definition) is 3. The van der Waals surface area contributed by atoms with Crippen LogP contribution < -0.4 is 10.4 Å². The van der Waals surface area contributed by atoms with Crippen LogP contribution in [-0.4, -0.2) is 28.0 Å². The van der Waals surface area contributed by atoms with E-state index in [-0.39, 0.29) is 16.9 Å². The molecule has 2 aromatic carbocycles. The molecule has 0 aromatic heterocycles. The van der Waals surface area contributed by atoms with Gasteiger partial charge in [0.05, 0.1) is 13.0 Å². The molecule has 0 heterocycles. The number of ether oxygens (including phenoxy) is 1. The molecule has 3 nitrogen and oxygen atoms in total. The second kappa shape index (κ2) is 12.5. The quantitative estimate of drug-likeness (QED) is 0.213. The fraction of sp³-hybridized carbons (Fsp3) is 0.500. The lowest BCUT2D eigenvalue weighted by molar-refractivity contribution is -0.143. The maximum atomic E-state index is 11.7. The molecule has 34 heavy (non-hydrogen) atoms. The van der Waals surface area contributed by atoms with Crippen molar-refractivity contribution in [1.29, 1.82) is 0 Å². The Hall–Kier alpha value is -2.17. The molecule has 0 saturated carbocycles. The van der Waals surface area contributed by atoms with Crippen LogP contribution in [0.4, 0.5) is 0 Å².